The van der Waals surface area contributed by atoms with Crippen molar-refractivity contribution in [2.24, 2.45) is 0 Å². The topological polar surface area (TPSA) is 60.4 Å². The summed E-state index contributed by atoms with van der Waals surface area (Å²) in [6.07, 6.45) is 4.49. The third-order valence-corrected chi connectivity index (χ3v) is 3.83. The molecular formula is C17H24N4O2. The van der Waals surface area contributed by atoms with Crippen LogP contribution in [-0.4, -0.2) is 47.2 Å². The fourth-order valence-electron chi connectivity index (χ4n) is 2.35. The Labute approximate surface area is 137 Å². The number of aryl methyl sites for hydroxylation is 1. The van der Waals surface area contributed by atoms with Crippen LogP contribution in [0.5, 0.6) is 11.9 Å². The van der Waals surface area contributed by atoms with Gasteiger partial charge in [0.15, 0.2) is 0 Å². The molecule has 0 aliphatic carbocycles. The summed E-state index contributed by atoms with van der Waals surface area (Å²) < 4.78 is 10.4. The highest BCUT2D eigenvalue weighted by atomic mass is 16.5. The summed E-state index contributed by atoms with van der Waals surface area (Å²) >= 11 is 0. The Morgan fingerprint density at radius 3 is 2.65 bits per heavy atom. The molecule has 2 rings (SSSR count). The van der Waals surface area contributed by atoms with E-state index < -0.39 is 0 Å². The Hall–Kier alpha value is -2.21. The Morgan fingerprint density at radius 2 is 2.00 bits per heavy atom. The Balaban J connectivity index is 2.04. The van der Waals surface area contributed by atoms with Gasteiger partial charge in [0.1, 0.15) is 0 Å². The minimum absolute atomic E-state index is 0.310. The average molecular weight is 316 g/mol. The largest absolute Gasteiger partial charge is 0.481 e. The zero-order valence-corrected chi connectivity index (χ0v) is 14.4. The van der Waals surface area contributed by atoms with Crippen molar-refractivity contribution in [2.45, 2.75) is 32.9 Å². The first-order valence-corrected chi connectivity index (χ1v) is 7.59. The van der Waals surface area contributed by atoms with Crippen LogP contribution in [-0.2, 0) is 13.0 Å². The van der Waals surface area contributed by atoms with Crippen LogP contribution in [0.3, 0.4) is 0 Å². The van der Waals surface area contributed by atoms with E-state index in [2.05, 4.69) is 46.8 Å². The monoisotopic (exact) mass is 316 g/mol. The van der Waals surface area contributed by atoms with E-state index in [-0.39, 0.29) is 0 Å². The molecule has 6 nitrogen and oxygen atoms in total. The lowest BCUT2D eigenvalue weighted by Crippen LogP contribution is -2.31. The summed E-state index contributed by atoms with van der Waals surface area (Å²) in [6.45, 7) is 4.96. The maximum Gasteiger partial charge on any atom is 0.319 e. The fraction of sp³-hybridized carbons (Fsp3) is 0.471. The Morgan fingerprint density at radius 1 is 1.22 bits per heavy atom. The molecule has 0 spiro atoms. The first-order chi connectivity index (χ1) is 11.0. The molecule has 1 atom stereocenters. The molecule has 2 aromatic rings. The second-order valence-electron chi connectivity index (χ2n) is 5.68. The summed E-state index contributed by atoms with van der Waals surface area (Å²) in [5.41, 5.74) is 3.26. The lowest BCUT2D eigenvalue weighted by atomic mass is 10.1. The summed E-state index contributed by atoms with van der Waals surface area (Å²) in [5.74, 6) is 0.546. The van der Waals surface area contributed by atoms with Gasteiger partial charge in [0.05, 0.1) is 14.2 Å². The van der Waals surface area contributed by atoms with Gasteiger partial charge in [-0.2, -0.15) is 4.98 Å². The van der Waals surface area contributed by atoms with E-state index in [1.165, 1.54) is 12.7 Å². The molecule has 0 radical (unpaired) electrons. The molecule has 0 bridgehead atoms. The molecule has 0 saturated heterocycles. The van der Waals surface area contributed by atoms with Gasteiger partial charge in [0, 0.05) is 42.7 Å². The van der Waals surface area contributed by atoms with Crippen molar-refractivity contribution in [3.8, 4) is 11.9 Å². The first kappa shape index (κ1) is 17.1. The number of likely N-dealkylation sites (N-methyl/N-ethyl adjacent to an activating group) is 1. The molecular weight excluding hydrogens is 292 g/mol. The predicted molar refractivity (Wildman–Crippen MR) is 88.7 cm³/mol. The van der Waals surface area contributed by atoms with Crippen molar-refractivity contribution in [3.63, 3.8) is 0 Å². The van der Waals surface area contributed by atoms with Crippen molar-refractivity contribution in [3.05, 3.63) is 41.3 Å². The molecule has 1 unspecified atom stereocenters. The van der Waals surface area contributed by atoms with Gasteiger partial charge >= 0.3 is 6.01 Å². The van der Waals surface area contributed by atoms with Crippen molar-refractivity contribution >= 4 is 0 Å². The van der Waals surface area contributed by atoms with Crippen molar-refractivity contribution in [2.75, 3.05) is 21.3 Å². The molecule has 0 aliphatic heterocycles. The van der Waals surface area contributed by atoms with Crippen LogP contribution in [0.1, 0.15) is 23.7 Å². The molecule has 124 valence electrons. The van der Waals surface area contributed by atoms with Gasteiger partial charge in [-0.3, -0.25) is 9.88 Å². The van der Waals surface area contributed by atoms with Gasteiger partial charge in [0.2, 0.25) is 5.88 Å². The maximum absolute atomic E-state index is 5.33. The van der Waals surface area contributed by atoms with Gasteiger partial charge in [-0.25, -0.2) is 4.98 Å². The summed E-state index contributed by atoms with van der Waals surface area (Å²) in [5, 5.41) is 0. The second-order valence-corrected chi connectivity index (χ2v) is 5.68. The van der Waals surface area contributed by atoms with Crippen molar-refractivity contribution in [1.82, 2.24) is 19.9 Å². The van der Waals surface area contributed by atoms with Gasteiger partial charge < -0.3 is 9.47 Å². The van der Waals surface area contributed by atoms with E-state index >= 15 is 0 Å². The van der Waals surface area contributed by atoms with Crippen LogP contribution in [0.2, 0.25) is 0 Å². The number of nitrogens with zero attached hydrogens (tertiary/aromatic N) is 4. The van der Waals surface area contributed by atoms with E-state index in [0.717, 1.165) is 17.7 Å². The van der Waals surface area contributed by atoms with Crippen LogP contribution in [0.25, 0.3) is 0 Å². The van der Waals surface area contributed by atoms with Gasteiger partial charge in [-0.05, 0) is 38.6 Å². The fourth-order valence-corrected chi connectivity index (χ4v) is 2.35. The summed E-state index contributed by atoms with van der Waals surface area (Å²) in [7, 11) is 5.22. The highest BCUT2D eigenvalue weighted by molar-refractivity contribution is 5.25. The molecule has 0 aliphatic rings. The average Bonchev–Trinajstić information content (AvgIpc) is 2.55. The van der Waals surface area contributed by atoms with Gasteiger partial charge in [0.25, 0.3) is 0 Å². The van der Waals surface area contributed by atoms with Crippen LogP contribution < -0.4 is 9.47 Å². The van der Waals surface area contributed by atoms with Crippen LogP contribution in [0.4, 0.5) is 0 Å². The number of rotatable bonds is 7. The smallest absolute Gasteiger partial charge is 0.319 e. The molecule has 2 aromatic heterocycles. The van der Waals surface area contributed by atoms with Crippen LogP contribution in [0.15, 0.2) is 24.5 Å². The number of methoxy groups -OCH3 is 2. The Bertz CT molecular complexity index is 648. The Kier molecular flexibility index (Phi) is 5.87. The number of hydrogen-bond donors (Lipinski definition) is 0. The first-order valence-electron chi connectivity index (χ1n) is 7.59. The van der Waals surface area contributed by atoms with Crippen molar-refractivity contribution in [1.29, 1.82) is 0 Å². The zero-order valence-electron chi connectivity index (χ0n) is 14.4. The highest BCUT2D eigenvalue weighted by Crippen LogP contribution is 2.20. The summed E-state index contributed by atoms with van der Waals surface area (Å²) in [6, 6.07) is 4.78. The molecule has 6 heteroatoms. The lowest BCUT2D eigenvalue weighted by Gasteiger charge is -2.25. The van der Waals surface area contributed by atoms with Crippen LogP contribution >= 0.6 is 0 Å². The SMILES string of the molecule is COc1ncc(CN(C)C(C)Cc2cc(C)ccn2)c(OC)n1. The number of pyridine rings is 1. The van der Waals surface area contributed by atoms with E-state index in [4.69, 9.17) is 9.47 Å². The number of aromatic nitrogens is 3. The van der Waals surface area contributed by atoms with E-state index in [1.54, 1.807) is 13.3 Å². The standard InChI is InChI=1S/C17H24N4O2/c1-12-6-7-18-15(8-12)9-13(2)21(3)11-14-10-19-17(23-5)20-16(14)22-4/h6-8,10,13H,9,11H2,1-5H3. The normalized spacial score (nSPS) is 12.3. The highest BCUT2D eigenvalue weighted by Gasteiger charge is 2.15. The molecule has 2 heterocycles. The van der Waals surface area contributed by atoms with Crippen molar-refractivity contribution < 1.29 is 9.47 Å². The molecule has 0 fully saturated rings. The lowest BCUT2D eigenvalue weighted by molar-refractivity contribution is 0.240. The van der Waals surface area contributed by atoms with Gasteiger partial charge in [-0.15, -0.1) is 0 Å². The molecule has 0 N–H and O–H groups in total. The minimum Gasteiger partial charge on any atom is -0.481 e. The maximum atomic E-state index is 5.33. The zero-order chi connectivity index (χ0) is 16.8. The quantitative estimate of drug-likeness (QED) is 0.781. The number of hydrogen-bond acceptors (Lipinski definition) is 6. The molecule has 0 aromatic carbocycles. The van der Waals surface area contributed by atoms with Gasteiger partial charge in [-0.1, -0.05) is 0 Å². The van der Waals surface area contributed by atoms with Crippen LogP contribution in [0, 0.1) is 6.92 Å². The third kappa shape index (κ3) is 4.63. The molecule has 0 amide bonds. The third-order valence-electron chi connectivity index (χ3n) is 3.83. The van der Waals surface area contributed by atoms with E-state index in [9.17, 15) is 0 Å². The minimum atomic E-state index is 0.310. The predicted octanol–water partition coefficient (Wildman–Crippen LogP) is 2.26. The molecule has 0 saturated carbocycles. The van der Waals surface area contributed by atoms with E-state index in [0.29, 0.717) is 24.5 Å². The number of ether oxygens (including phenoxy) is 2. The second kappa shape index (κ2) is 7.87. The van der Waals surface area contributed by atoms with E-state index in [1.807, 2.05) is 12.3 Å². The molecule has 23 heavy (non-hydrogen) atoms. The summed E-state index contributed by atoms with van der Waals surface area (Å²) in [4.78, 5) is 15.1.